The first-order valence-corrected chi connectivity index (χ1v) is 13.8. The fourth-order valence-electron chi connectivity index (χ4n) is 3.59. The lowest BCUT2D eigenvalue weighted by Crippen LogP contribution is -2.27. The molecule has 3 aromatic carbocycles. The van der Waals surface area contributed by atoms with Crippen molar-refractivity contribution in [3.8, 4) is 0 Å². The van der Waals surface area contributed by atoms with Gasteiger partial charge in [0.2, 0.25) is 10.0 Å². The number of rotatable bonds is 7. The van der Waals surface area contributed by atoms with Crippen molar-refractivity contribution in [2.45, 2.75) is 24.3 Å². The fraction of sp³-hybridized carbons (Fsp3) is 0.174. The molecule has 0 saturated carbocycles. The molecule has 3 aromatic rings. The van der Waals surface area contributed by atoms with Gasteiger partial charge in [-0.25, -0.2) is 12.8 Å². The Labute approximate surface area is 203 Å². The number of anilines is 1. The summed E-state index contributed by atoms with van der Waals surface area (Å²) in [5.74, 6) is -0.648. The number of nitrogens with one attached hydrogen (secondary N) is 1. The fourth-order valence-corrected chi connectivity index (χ4v) is 5.77. The Balaban J connectivity index is 1.78. The van der Waals surface area contributed by atoms with E-state index in [1.807, 2.05) is 0 Å². The van der Waals surface area contributed by atoms with Gasteiger partial charge in [-0.05, 0) is 55.0 Å². The normalized spacial score (nSPS) is 16.4. The summed E-state index contributed by atoms with van der Waals surface area (Å²) in [6.45, 7) is 1.52. The van der Waals surface area contributed by atoms with E-state index < -0.39 is 31.9 Å². The molecule has 0 fully saturated rings. The second-order valence-electron chi connectivity index (χ2n) is 7.61. The zero-order valence-electron chi connectivity index (χ0n) is 18.0. The van der Waals surface area contributed by atoms with Crippen LogP contribution in [-0.4, -0.2) is 32.7 Å². The molecule has 1 N–H and O–H groups in total. The average Bonchev–Trinajstić information content (AvgIpc) is 3.26. The van der Waals surface area contributed by atoms with E-state index in [0.717, 1.165) is 4.41 Å². The highest BCUT2D eigenvalue weighted by Gasteiger charge is 2.39. The molecule has 0 radical (unpaired) electrons. The third-order valence-corrected chi connectivity index (χ3v) is 8.60. The van der Waals surface area contributed by atoms with E-state index in [1.165, 1.54) is 49.4 Å². The van der Waals surface area contributed by atoms with Crippen molar-refractivity contribution in [3.63, 3.8) is 0 Å². The molecule has 34 heavy (non-hydrogen) atoms. The number of hydrogen-bond acceptors (Lipinski definition) is 5. The maximum absolute atomic E-state index is 14.7. The molecule has 178 valence electrons. The summed E-state index contributed by atoms with van der Waals surface area (Å²) >= 11 is 5.91. The third-order valence-electron chi connectivity index (χ3n) is 5.34. The number of benzene rings is 3. The van der Waals surface area contributed by atoms with Gasteiger partial charge in [0.1, 0.15) is 5.82 Å². The molecule has 1 atom stereocenters. The number of nitrogens with zero attached hydrogens (tertiary/aromatic N) is 2. The van der Waals surface area contributed by atoms with Crippen LogP contribution in [0.4, 0.5) is 10.1 Å². The van der Waals surface area contributed by atoms with Crippen molar-refractivity contribution in [2.75, 3.05) is 10.5 Å². The van der Waals surface area contributed by atoms with Gasteiger partial charge in [-0.1, -0.05) is 41.9 Å². The van der Waals surface area contributed by atoms with Crippen LogP contribution in [0.2, 0.25) is 5.02 Å². The predicted molar refractivity (Wildman–Crippen MR) is 130 cm³/mol. The maximum atomic E-state index is 14.7. The Morgan fingerprint density at radius 3 is 2.41 bits per heavy atom. The van der Waals surface area contributed by atoms with E-state index >= 15 is 0 Å². The smallest absolute Gasteiger partial charge is 0.279 e. The number of halogens is 2. The van der Waals surface area contributed by atoms with Gasteiger partial charge in [0, 0.05) is 22.7 Å². The molecular weight excluding hydrogens is 501 g/mol. The summed E-state index contributed by atoms with van der Waals surface area (Å²) in [6, 6.07) is 17.1. The first-order valence-electron chi connectivity index (χ1n) is 10.3. The number of hydrogen-bond donors (Lipinski definition) is 1. The van der Waals surface area contributed by atoms with Crippen LogP contribution in [0.1, 0.15) is 30.5 Å². The summed E-state index contributed by atoms with van der Waals surface area (Å²) in [7, 11) is -7.65. The second kappa shape index (κ2) is 9.36. The Morgan fingerprint density at radius 1 is 1.03 bits per heavy atom. The minimum Gasteiger partial charge on any atom is -0.284 e. The highest BCUT2D eigenvalue weighted by atomic mass is 35.5. The molecule has 0 amide bonds. The van der Waals surface area contributed by atoms with Gasteiger partial charge in [0.25, 0.3) is 10.0 Å². The lowest BCUT2D eigenvalue weighted by Gasteiger charge is -2.23. The van der Waals surface area contributed by atoms with Gasteiger partial charge >= 0.3 is 0 Å². The molecule has 1 aliphatic heterocycles. The van der Waals surface area contributed by atoms with Gasteiger partial charge < -0.3 is 0 Å². The molecule has 4 rings (SSSR count). The summed E-state index contributed by atoms with van der Waals surface area (Å²) in [4.78, 5) is -0.0345. The van der Waals surface area contributed by atoms with Crippen LogP contribution in [0.5, 0.6) is 0 Å². The molecule has 7 nitrogen and oxygen atoms in total. The lowest BCUT2D eigenvalue weighted by molar-refractivity contribution is 0.362. The van der Waals surface area contributed by atoms with Gasteiger partial charge in [-0.15, -0.1) is 0 Å². The zero-order valence-corrected chi connectivity index (χ0v) is 20.4. The monoisotopic (exact) mass is 521 g/mol. The molecule has 11 heteroatoms. The number of hydrazone groups is 1. The summed E-state index contributed by atoms with van der Waals surface area (Å²) in [5, 5.41) is 4.75. The molecule has 0 aromatic heterocycles. The van der Waals surface area contributed by atoms with E-state index in [9.17, 15) is 21.2 Å². The van der Waals surface area contributed by atoms with Crippen molar-refractivity contribution < 1.29 is 21.2 Å². The molecule has 0 unspecified atom stereocenters. The van der Waals surface area contributed by atoms with Crippen LogP contribution in [-0.2, 0) is 20.0 Å². The van der Waals surface area contributed by atoms with Crippen LogP contribution in [0.15, 0.2) is 82.8 Å². The van der Waals surface area contributed by atoms with E-state index in [-0.39, 0.29) is 22.6 Å². The molecule has 1 heterocycles. The minimum atomic E-state index is -4.14. The minimum absolute atomic E-state index is 0.0345. The number of sulfonamides is 2. The van der Waals surface area contributed by atoms with Crippen molar-refractivity contribution in [1.82, 2.24) is 4.41 Å². The van der Waals surface area contributed by atoms with Crippen molar-refractivity contribution >= 4 is 43.0 Å². The quantitative estimate of drug-likeness (QED) is 0.484. The van der Waals surface area contributed by atoms with Gasteiger partial charge in [0.05, 0.1) is 22.4 Å². The van der Waals surface area contributed by atoms with Crippen LogP contribution in [0.25, 0.3) is 0 Å². The Hall–Kier alpha value is -2.95. The van der Waals surface area contributed by atoms with E-state index in [4.69, 9.17) is 11.6 Å². The Bertz CT molecular complexity index is 1460. The molecule has 0 spiro atoms. The van der Waals surface area contributed by atoms with Crippen LogP contribution >= 0.6 is 11.6 Å². The Kier molecular flexibility index (Phi) is 6.66. The van der Waals surface area contributed by atoms with Gasteiger partial charge in [-0.2, -0.15) is 17.9 Å². The topological polar surface area (TPSA) is 95.9 Å². The maximum Gasteiger partial charge on any atom is 0.279 e. The highest BCUT2D eigenvalue weighted by molar-refractivity contribution is 7.92. The lowest BCUT2D eigenvalue weighted by atomic mass is 9.98. The summed E-state index contributed by atoms with van der Waals surface area (Å²) in [6.07, 6.45) is 0.0950. The summed E-state index contributed by atoms with van der Waals surface area (Å²) in [5.41, 5.74) is 1.40. The predicted octanol–water partition coefficient (Wildman–Crippen LogP) is 4.78. The largest absolute Gasteiger partial charge is 0.284 e. The molecule has 0 aliphatic carbocycles. The standard InChI is InChI=1S/C23H21ClFN3O4S2/c1-2-33(29,30)27-18-7-5-6-16(14-18)22-15-23(20-8-3-4-9-21(20)25)28(26-22)34(31,32)19-12-10-17(24)11-13-19/h3-14,23,27H,2,15H2,1H3/t23-/m0/s1. The van der Waals surface area contributed by atoms with Crippen LogP contribution in [0, 0.1) is 5.82 Å². The first kappa shape index (κ1) is 24.2. The van der Waals surface area contributed by atoms with Gasteiger partial charge in [0.15, 0.2) is 0 Å². The van der Waals surface area contributed by atoms with Gasteiger partial charge in [-0.3, -0.25) is 4.72 Å². The Morgan fingerprint density at radius 2 is 1.74 bits per heavy atom. The van der Waals surface area contributed by atoms with Crippen LogP contribution in [0.3, 0.4) is 0 Å². The highest BCUT2D eigenvalue weighted by Crippen LogP contribution is 2.38. The first-order chi connectivity index (χ1) is 16.1. The van der Waals surface area contributed by atoms with Crippen molar-refractivity contribution in [1.29, 1.82) is 0 Å². The second-order valence-corrected chi connectivity index (χ2v) is 11.8. The zero-order chi connectivity index (χ0) is 24.5. The molecular formula is C23H21ClFN3O4S2. The SMILES string of the molecule is CCS(=O)(=O)Nc1cccc(C2=NN(S(=O)(=O)c3ccc(Cl)cc3)[C@H](c3ccccc3F)C2)c1. The van der Waals surface area contributed by atoms with Crippen molar-refractivity contribution in [3.05, 3.63) is 94.8 Å². The molecule has 0 saturated heterocycles. The van der Waals surface area contributed by atoms with E-state index in [0.29, 0.717) is 22.0 Å². The van der Waals surface area contributed by atoms with Crippen LogP contribution < -0.4 is 4.72 Å². The third kappa shape index (κ3) is 4.94. The molecule has 1 aliphatic rings. The van der Waals surface area contributed by atoms with E-state index in [2.05, 4.69) is 9.82 Å². The summed E-state index contributed by atoms with van der Waals surface area (Å²) < 4.78 is 69.0. The van der Waals surface area contributed by atoms with E-state index in [1.54, 1.807) is 30.3 Å². The molecule has 0 bridgehead atoms. The van der Waals surface area contributed by atoms with Crippen molar-refractivity contribution in [2.24, 2.45) is 5.10 Å². The average molecular weight is 522 g/mol.